The summed E-state index contributed by atoms with van der Waals surface area (Å²) in [5.74, 6) is -0.873. The number of hydrogen-bond acceptors (Lipinski definition) is 7. The average Bonchev–Trinajstić information content (AvgIpc) is 3.61. The van der Waals surface area contributed by atoms with Gasteiger partial charge in [-0.15, -0.1) is 0 Å². The lowest BCUT2D eigenvalue weighted by Gasteiger charge is -2.23. The molecule has 12 heteroatoms. The number of anilines is 3. The second-order valence-electron chi connectivity index (χ2n) is 9.48. The molecule has 40 heavy (non-hydrogen) atoms. The van der Waals surface area contributed by atoms with Crippen LogP contribution in [-0.4, -0.2) is 42.6 Å². The molecule has 0 saturated carbocycles. The van der Waals surface area contributed by atoms with Gasteiger partial charge in [0.05, 0.1) is 19.0 Å². The van der Waals surface area contributed by atoms with Gasteiger partial charge in [0.15, 0.2) is 5.65 Å². The maximum absolute atomic E-state index is 13.8. The molecule has 6 rings (SSSR count). The fraction of sp³-hybridized carbons (Fsp3) is 0.179. The summed E-state index contributed by atoms with van der Waals surface area (Å²) >= 11 is 0. The van der Waals surface area contributed by atoms with Gasteiger partial charge in [-0.3, -0.25) is 4.84 Å². The number of nitrogens with one attached hydrogen (secondary N) is 3. The Morgan fingerprint density at radius 1 is 1.05 bits per heavy atom. The van der Waals surface area contributed by atoms with Gasteiger partial charge >= 0.3 is 6.03 Å². The van der Waals surface area contributed by atoms with Crippen molar-refractivity contribution in [3.05, 3.63) is 89.6 Å². The number of H-pyrrole nitrogens is 1. The predicted molar refractivity (Wildman–Crippen MR) is 145 cm³/mol. The van der Waals surface area contributed by atoms with Crippen LogP contribution in [0.15, 0.2) is 61.3 Å². The van der Waals surface area contributed by atoms with E-state index >= 15 is 0 Å². The standard InChI is InChI=1S/C28H24F2N8O2/c1-15-7-21(24-25-27(34-13-32-24)35-14-33-25)26(31-12-15)37-22-11-20(4-3-16(22)2)36-28(39)38-23(5-6-40-38)17-8-18(29)10-19(30)9-17/h3-4,7-14,23H,5-6H2,1-2H3,(H,31,37)(H,36,39)(H,32,33,34,35)/t23-/m1/s1. The number of fused-ring (bicyclic) bond motifs is 1. The maximum atomic E-state index is 13.8. The highest BCUT2D eigenvalue weighted by Gasteiger charge is 2.32. The van der Waals surface area contributed by atoms with E-state index in [1.165, 1.54) is 18.5 Å². The molecule has 0 unspecified atom stereocenters. The first-order valence-electron chi connectivity index (χ1n) is 12.5. The van der Waals surface area contributed by atoms with E-state index in [0.29, 0.717) is 46.0 Å². The Morgan fingerprint density at radius 3 is 2.70 bits per heavy atom. The normalized spacial score (nSPS) is 15.0. The van der Waals surface area contributed by atoms with E-state index in [4.69, 9.17) is 4.84 Å². The third kappa shape index (κ3) is 4.92. The summed E-state index contributed by atoms with van der Waals surface area (Å²) in [6.07, 6.45) is 5.19. The zero-order chi connectivity index (χ0) is 27.8. The number of imidazole rings is 1. The molecule has 0 aliphatic carbocycles. The van der Waals surface area contributed by atoms with Crippen LogP contribution < -0.4 is 10.6 Å². The van der Waals surface area contributed by atoms with Gasteiger partial charge in [-0.1, -0.05) is 6.07 Å². The van der Waals surface area contributed by atoms with E-state index < -0.39 is 23.7 Å². The van der Waals surface area contributed by atoms with Crippen molar-refractivity contribution in [2.24, 2.45) is 0 Å². The van der Waals surface area contributed by atoms with Gasteiger partial charge in [-0.2, -0.15) is 5.06 Å². The fourth-order valence-electron chi connectivity index (χ4n) is 4.69. The predicted octanol–water partition coefficient (Wildman–Crippen LogP) is 5.96. The van der Waals surface area contributed by atoms with Gasteiger partial charge in [-0.05, 0) is 60.9 Å². The van der Waals surface area contributed by atoms with Gasteiger partial charge in [-0.25, -0.2) is 33.5 Å². The quantitative estimate of drug-likeness (QED) is 0.250. The van der Waals surface area contributed by atoms with Crippen molar-refractivity contribution in [3.8, 4) is 11.3 Å². The fourth-order valence-corrected chi connectivity index (χ4v) is 4.69. The zero-order valence-electron chi connectivity index (χ0n) is 21.6. The second kappa shape index (κ2) is 10.3. The number of aromatic nitrogens is 5. The minimum atomic E-state index is -0.712. The Hall–Kier alpha value is -4.97. The first-order valence-corrected chi connectivity index (χ1v) is 12.5. The lowest BCUT2D eigenvalue weighted by Crippen LogP contribution is -2.33. The number of benzene rings is 2. The SMILES string of the molecule is Cc1cnc(Nc2cc(NC(=O)N3OCC[C@@H]3c3cc(F)cc(F)c3)ccc2C)c(-c2ncnc3[nH]cnc23)c1. The Kier molecular flexibility index (Phi) is 6.52. The van der Waals surface area contributed by atoms with Crippen LogP contribution >= 0.6 is 0 Å². The van der Waals surface area contributed by atoms with Crippen molar-refractivity contribution in [1.29, 1.82) is 0 Å². The molecule has 2 aromatic carbocycles. The molecule has 4 heterocycles. The van der Waals surface area contributed by atoms with Crippen molar-refractivity contribution in [2.75, 3.05) is 17.2 Å². The van der Waals surface area contributed by atoms with E-state index in [1.807, 2.05) is 26.0 Å². The summed E-state index contributed by atoms with van der Waals surface area (Å²) in [5.41, 5.74) is 5.96. The molecule has 1 atom stereocenters. The maximum Gasteiger partial charge on any atom is 0.346 e. The van der Waals surface area contributed by atoms with Crippen molar-refractivity contribution in [1.82, 2.24) is 30.0 Å². The van der Waals surface area contributed by atoms with Crippen molar-refractivity contribution in [2.45, 2.75) is 26.3 Å². The van der Waals surface area contributed by atoms with E-state index in [-0.39, 0.29) is 6.61 Å². The highest BCUT2D eigenvalue weighted by atomic mass is 19.1. The molecule has 5 aromatic rings. The van der Waals surface area contributed by atoms with Crippen molar-refractivity contribution in [3.63, 3.8) is 0 Å². The first-order chi connectivity index (χ1) is 19.4. The lowest BCUT2D eigenvalue weighted by molar-refractivity contribution is -0.0830. The first kappa shape index (κ1) is 25.3. The summed E-state index contributed by atoms with van der Waals surface area (Å²) in [6.45, 7) is 4.11. The lowest BCUT2D eigenvalue weighted by atomic mass is 10.0. The highest BCUT2D eigenvalue weighted by molar-refractivity contribution is 5.93. The number of pyridine rings is 1. The summed E-state index contributed by atoms with van der Waals surface area (Å²) in [4.78, 5) is 39.3. The minimum absolute atomic E-state index is 0.241. The number of carbonyl (C=O) groups is 1. The van der Waals surface area contributed by atoms with E-state index in [2.05, 4.69) is 35.6 Å². The third-order valence-corrected chi connectivity index (χ3v) is 6.61. The molecule has 1 aliphatic rings. The third-order valence-electron chi connectivity index (χ3n) is 6.61. The number of hydrogen-bond donors (Lipinski definition) is 3. The van der Waals surface area contributed by atoms with E-state index in [1.54, 1.807) is 24.7 Å². The van der Waals surface area contributed by atoms with Crippen LogP contribution in [0.2, 0.25) is 0 Å². The van der Waals surface area contributed by atoms with Gasteiger partial charge in [0.25, 0.3) is 0 Å². The number of rotatable bonds is 5. The summed E-state index contributed by atoms with van der Waals surface area (Å²) < 4.78 is 27.6. The number of nitrogens with zero attached hydrogens (tertiary/aromatic N) is 5. The molecule has 0 spiro atoms. The van der Waals surface area contributed by atoms with E-state index in [0.717, 1.165) is 27.8 Å². The van der Waals surface area contributed by atoms with Crippen LogP contribution in [0.5, 0.6) is 0 Å². The number of hydroxylamine groups is 2. The molecule has 3 N–H and O–H groups in total. The molecule has 1 fully saturated rings. The molecule has 0 bridgehead atoms. The van der Waals surface area contributed by atoms with Crippen LogP contribution in [0.4, 0.5) is 30.8 Å². The number of aryl methyl sites for hydroxylation is 2. The van der Waals surface area contributed by atoms with Gasteiger partial charge < -0.3 is 15.6 Å². The number of halogens is 2. The largest absolute Gasteiger partial charge is 0.346 e. The van der Waals surface area contributed by atoms with Crippen LogP contribution in [0, 0.1) is 25.5 Å². The van der Waals surface area contributed by atoms with Crippen LogP contribution in [0.3, 0.4) is 0 Å². The molecular formula is C28H24F2N8O2. The Balaban J connectivity index is 1.27. The molecule has 202 valence electrons. The van der Waals surface area contributed by atoms with Gasteiger partial charge in [0, 0.05) is 35.6 Å². The molecule has 3 aromatic heterocycles. The molecule has 2 amide bonds. The summed E-state index contributed by atoms with van der Waals surface area (Å²) in [5, 5.41) is 7.30. The van der Waals surface area contributed by atoms with Gasteiger partial charge in [0.1, 0.15) is 35.0 Å². The summed E-state index contributed by atoms with van der Waals surface area (Å²) in [6, 6.07) is 9.37. The van der Waals surface area contributed by atoms with Crippen molar-refractivity contribution >= 4 is 34.4 Å². The number of aromatic amines is 1. The molecule has 10 nitrogen and oxygen atoms in total. The van der Waals surface area contributed by atoms with E-state index in [9.17, 15) is 13.6 Å². The Morgan fingerprint density at radius 2 is 1.88 bits per heavy atom. The number of amides is 2. The Bertz CT molecular complexity index is 1720. The molecular weight excluding hydrogens is 518 g/mol. The topological polar surface area (TPSA) is 121 Å². The average molecular weight is 543 g/mol. The van der Waals surface area contributed by atoms with Crippen LogP contribution in [-0.2, 0) is 4.84 Å². The molecule has 1 aliphatic heterocycles. The smallest absolute Gasteiger partial charge is 0.339 e. The van der Waals surface area contributed by atoms with Crippen molar-refractivity contribution < 1.29 is 18.4 Å². The highest BCUT2D eigenvalue weighted by Crippen LogP contribution is 2.34. The second-order valence-corrected chi connectivity index (χ2v) is 9.48. The van der Waals surface area contributed by atoms with Crippen LogP contribution in [0.1, 0.15) is 29.2 Å². The zero-order valence-corrected chi connectivity index (χ0v) is 21.6. The molecule has 0 radical (unpaired) electrons. The number of urea groups is 1. The Labute approximate surface area is 227 Å². The van der Waals surface area contributed by atoms with Crippen LogP contribution in [0.25, 0.3) is 22.4 Å². The molecule has 1 saturated heterocycles. The summed E-state index contributed by atoms with van der Waals surface area (Å²) in [7, 11) is 0. The number of carbonyl (C=O) groups excluding carboxylic acids is 1. The monoisotopic (exact) mass is 542 g/mol. The minimum Gasteiger partial charge on any atom is -0.339 e. The van der Waals surface area contributed by atoms with Gasteiger partial charge in [0.2, 0.25) is 0 Å².